The van der Waals surface area contributed by atoms with Crippen LogP contribution in [-0.4, -0.2) is 22.7 Å². The van der Waals surface area contributed by atoms with Crippen molar-refractivity contribution in [2.45, 2.75) is 25.7 Å². The van der Waals surface area contributed by atoms with Crippen LogP contribution in [-0.2, 0) is 11.2 Å². The van der Waals surface area contributed by atoms with Gasteiger partial charge in [-0.15, -0.1) is 11.3 Å². The summed E-state index contributed by atoms with van der Waals surface area (Å²) >= 11 is 1.54. The quantitative estimate of drug-likeness (QED) is 0.886. The maximum Gasteiger partial charge on any atom is 0.312 e. The third-order valence-corrected chi connectivity index (χ3v) is 4.48. The molecule has 0 amide bonds. The largest absolute Gasteiger partial charge is 0.494 e. The fourth-order valence-electron chi connectivity index (χ4n) is 2.45. The molecule has 0 spiro atoms. The van der Waals surface area contributed by atoms with E-state index in [2.05, 4.69) is 10.3 Å². The van der Waals surface area contributed by atoms with E-state index in [0.29, 0.717) is 13.0 Å². The number of hydrogen-bond acceptors (Lipinski definition) is 5. The molecular formula is C15H16N2O3S. The molecule has 2 aromatic rings. The second-order valence-electron chi connectivity index (χ2n) is 4.84. The maximum atomic E-state index is 11.2. The van der Waals surface area contributed by atoms with E-state index in [9.17, 15) is 9.90 Å². The van der Waals surface area contributed by atoms with E-state index in [1.54, 1.807) is 0 Å². The summed E-state index contributed by atoms with van der Waals surface area (Å²) in [6, 6.07) is 7.64. The van der Waals surface area contributed by atoms with Crippen molar-refractivity contribution in [3.8, 4) is 5.75 Å². The van der Waals surface area contributed by atoms with Gasteiger partial charge < -0.3 is 15.2 Å². The number of aryl methyl sites for hydroxylation is 1. The number of anilines is 2. The molecule has 0 radical (unpaired) electrons. The smallest absolute Gasteiger partial charge is 0.312 e. The highest BCUT2D eigenvalue weighted by Crippen LogP contribution is 2.39. The molecule has 21 heavy (non-hydrogen) atoms. The van der Waals surface area contributed by atoms with Crippen molar-refractivity contribution in [2.75, 3.05) is 11.9 Å². The topological polar surface area (TPSA) is 71.5 Å². The second-order valence-corrected chi connectivity index (χ2v) is 5.92. The van der Waals surface area contributed by atoms with Gasteiger partial charge in [0.15, 0.2) is 5.13 Å². The third-order valence-electron chi connectivity index (χ3n) is 3.43. The van der Waals surface area contributed by atoms with Gasteiger partial charge in [-0.3, -0.25) is 4.79 Å². The van der Waals surface area contributed by atoms with Crippen LogP contribution in [0.1, 0.15) is 29.8 Å². The normalized spacial score (nSPS) is 16.5. The molecule has 0 bridgehead atoms. The van der Waals surface area contributed by atoms with E-state index < -0.39 is 11.9 Å². The van der Waals surface area contributed by atoms with Gasteiger partial charge >= 0.3 is 5.97 Å². The molecule has 1 heterocycles. The van der Waals surface area contributed by atoms with Crippen LogP contribution in [0.2, 0.25) is 0 Å². The summed E-state index contributed by atoms with van der Waals surface area (Å²) < 4.78 is 5.40. The number of fused-ring (bicyclic) bond motifs is 1. The van der Waals surface area contributed by atoms with E-state index >= 15 is 0 Å². The van der Waals surface area contributed by atoms with Crippen LogP contribution in [0.5, 0.6) is 5.75 Å². The number of nitrogens with one attached hydrogen (secondary N) is 1. The number of benzene rings is 1. The average Bonchev–Trinajstić information content (AvgIpc) is 3.00. The molecule has 6 heteroatoms. The standard InChI is InChI=1S/C15H16N2O3S/c1-2-20-10-5-3-9(4-6-10)16-15-17-13-11(14(18)19)7-8-12(13)21-15/h3-6,11H,2,7-8H2,1H3,(H,16,17)(H,18,19). The Labute approximate surface area is 126 Å². The molecule has 2 N–H and O–H groups in total. The van der Waals surface area contributed by atoms with Crippen molar-refractivity contribution in [1.82, 2.24) is 4.98 Å². The first-order valence-electron chi connectivity index (χ1n) is 6.89. The van der Waals surface area contributed by atoms with Crippen LogP contribution in [0.15, 0.2) is 24.3 Å². The zero-order chi connectivity index (χ0) is 14.8. The van der Waals surface area contributed by atoms with Gasteiger partial charge in [0.1, 0.15) is 11.7 Å². The van der Waals surface area contributed by atoms with Crippen LogP contribution in [0, 0.1) is 0 Å². The van der Waals surface area contributed by atoms with E-state index in [4.69, 9.17) is 4.74 Å². The van der Waals surface area contributed by atoms with Crippen LogP contribution in [0.3, 0.4) is 0 Å². The summed E-state index contributed by atoms with van der Waals surface area (Å²) in [5.74, 6) is -0.408. The molecule has 3 rings (SSSR count). The Morgan fingerprint density at radius 2 is 2.24 bits per heavy atom. The van der Waals surface area contributed by atoms with Crippen LogP contribution in [0.4, 0.5) is 10.8 Å². The summed E-state index contributed by atoms with van der Waals surface area (Å²) in [4.78, 5) is 16.7. The number of carboxylic acids is 1. The van der Waals surface area contributed by atoms with E-state index in [0.717, 1.165) is 33.6 Å². The fraction of sp³-hybridized carbons (Fsp3) is 0.333. The van der Waals surface area contributed by atoms with Crippen LogP contribution in [0.25, 0.3) is 0 Å². The highest BCUT2D eigenvalue weighted by Gasteiger charge is 2.32. The summed E-state index contributed by atoms with van der Waals surface area (Å²) in [6.45, 7) is 2.59. The van der Waals surface area contributed by atoms with Gasteiger partial charge in [0.05, 0.1) is 12.3 Å². The molecular weight excluding hydrogens is 288 g/mol. The number of aliphatic carboxylic acids is 1. The lowest BCUT2D eigenvalue weighted by Gasteiger charge is -2.06. The van der Waals surface area contributed by atoms with Crippen molar-refractivity contribution in [3.63, 3.8) is 0 Å². The first-order chi connectivity index (χ1) is 10.2. The fourth-order valence-corrected chi connectivity index (χ4v) is 3.50. The minimum atomic E-state index is -0.785. The molecule has 0 saturated carbocycles. The van der Waals surface area contributed by atoms with E-state index in [1.165, 1.54) is 11.3 Å². The van der Waals surface area contributed by atoms with Crippen molar-refractivity contribution in [2.24, 2.45) is 0 Å². The molecule has 1 unspecified atom stereocenters. The Hall–Kier alpha value is -2.08. The number of ether oxygens (including phenoxy) is 1. The molecule has 5 nitrogen and oxygen atoms in total. The third kappa shape index (κ3) is 2.85. The Morgan fingerprint density at radius 3 is 2.90 bits per heavy atom. The molecule has 0 fully saturated rings. The predicted octanol–water partition coefficient (Wildman–Crippen LogP) is 3.40. The lowest BCUT2D eigenvalue weighted by Crippen LogP contribution is -2.08. The zero-order valence-electron chi connectivity index (χ0n) is 11.6. The number of thiazole rings is 1. The van der Waals surface area contributed by atoms with Gasteiger partial charge in [0.2, 0.25) is 0 Å². The average molecular weight is 304 g/mol. The first-order valence-corrected chi connectivity index (χ1v) is 7.71. The number of nitrogens with zero attached hydrogens (tertiary/aromatic N) is 1. The molecule has 110 valence electrons. The van der Waals surface area contributed by atoms with Gasteiger partial charge in [-0.1, -0.05) is 0 Å². The zero-order valence-corrected chi connectivity index (χ0v) is 12.4. The van der Waals surface area contributed by atoms with Crippen molar-refractivity contribution in [3.05, 3.63) is 34.8 Å². The minimum absolute atomic E-state index is 0.452. The summed E-state index contributed by atoms with van der Waals surface area (Å²) in [7, 11) is 0. The lowest BCUT2D eigenvalue weighted by atomic mass is 10.1. The Morgan fingerprint density at radius 1 is 1.48 bits per heavy atom. The Bertz CT molecular complexity index is 651. The summed E-state index contributed by atoms with van der Waals surface area (Å²) in [5.41, 5.74) is 1.64. The van der Waals surface area contributed by atoms with Crippen LogP contribution < -0.4 is 10.1 Å². The molecule has 1 atom stereocenters. The van der Waals surface area contributed by atoms with Crippen LogP contribution >= 0.6 is 11.3 Å². The van der Waals surface area contributed by atoms with E-state index in [1.807, 2.05) is 31.2 Å². The molecule has 0 saturated heterocycles. The van der Waals surface area contributed by atoms with Crippen molar-refractivity contribution < 1.29 is 14.6 Å². The number of hydrogen-bond donors (Lipinski definition) is 2. The molecule has 1 aromatic carbocycles. The molecule has 0 aliphatic heterocycles. The number of carboxylic acid groups (broad SMARTS) is 1. The summed E-state index contributed by atoms with van der Waals surface area (Å²) in [5, 5.41) is 13.1. The monoisotopic (exact) mass is 304 g/mol. The first kappa shape index (κ1) is 13.9. The minimum Gasteiger partial charge on any atom is -0.494 e. The predicted molar refractivity (Wildman–Crippen MR) is 81.7 cm³/mol. The van der Waals surface area contributed by atoms with Gasteiger partial charge in [0, 0.05) is 10.6 Å². The van der Waals surface area contributed by atoms with Gasteiger partial charge in [0.25, 0.3) is 0 Å². The highest BCUT2D eigenvalue weighted by atomic mass is 32.1. The molecule has 1 aromatic heterocycles. The van der Waals surface area contributed by atoms with Gasteiger partial charge in [-0.05, 0) is 44.0 Å². The van der Waals surface area contributed by atoms with Gasteiger partial charge in [-0.2, -0.15) is 0 Å². The SMILES string of the molecule is CCOc1ccc(Nc2nc3c(s2)CCC3C(=O)O)cc1. The number of aromatic nitrogens is 1. The number of carbonyl (C=O) groups is 1. The Kier molecular flexibility index (Phi) is 3.79. The molecule has 1 aliphatic rings. The van der Waals surface area contributed by atoms with Crippen molar-refractivity contribution >= 4 is 28.1 Å². The number of rotatable bonds is 5. The van der Waals surface area contributed by atoms with Crippen molar-refractivity contribution in [1.29, 1.82) is 0 Å². The molecule has 1 aliphatic carbocycles. The lowest BCUT2D eigenvalue weighted by molar-refractivity contribution is -0.138. The van der Waals surface area contributed by atoms with Gasteiger partial charge in [-0.25, -0.2) is 4.98 Å². The van der Waals surface area contributed by atoms with E-state index in [-0.39, 0.29) is 0 Å². The maximum absolute atomic E-state index is 11.2. The second kappa shape index (κ2) is 5.73. The summed E-state index contributed by atoms with van der Waals surface area (Å²) in [6.07, 6.45) is 1.46. The Balaban J connectivity index is 1.74. The highest BCUT2D eigenvalue weighted by molar-refractivity contribution is 7.15.